The largest absolute Gasteiger partial charge is 0.398 e. The quantitative estimate of drug-likeness (QED) is 0.208. The van der Waals surface area contributed by atoms with Crippen LogP contribution in [0.5, 0.6) is 0 Å². The minimum Gasteiger partial charge on any atom is -0.398 e. The van der Waals surface area contributed by atoms with Crippen molar-refractivity contribution in [2.45, 2.75) is 32.1 Å². The molecule has 0 spiro atoms. The number of fused-ring (bicyclic) bond motifs is 5. The van der Waals surface area contributed by atoms with Crippen LogP contribution >= 0.6 is 22.7 Å². The highest BCUT2D eigenvalue weighted by atomic mass is 32.2. The van der Waals surface area contributed by atoms with Gasteiger partial charge in [-0.2, -0.15) is 0 Å². The molecule has 0 saturated carbocycles. The van der Waals surface area contributed by atoms with Gasteiger partial charge in [-0.05, 0) is 67.0 Å². The van der Waals surface area contributed by atoms with E-state index in [1.807, 2.05) is 59.1 Å². The molecule has 2 nitrogen and oxygen atoms in total. The zero-order chi connectivity index (χ0) is 26.9. The smallest absolute Gasteiger partial charge is 0.0890 e. The molecule has 0 atom stereocenters. The lowest BCUT2D eigenvalue weighted by Crippen LogP contribution is -2.08. The lowest BCUT2D eigenvalue weighted by molar-refractivity contribution is 0.972. The summed E-state index contributed by atoms with van der Waals surface area (Å²) in [5.74, 6) is 0. The average molecular weight is 555 g/mol. The van der Waals surface area contributed by atoms with E-state index in [2.05, 4.69) is 72.9 Å². The van der Waals surface area contributed by atoms with E-state index < -0.39 is 0 Å². The summed E-state index contributed by atoms with van der Waals surface area (Å²) in [6.07, 6.45) is 20.4. The first-order valence-corrected chi connectivity index (χ1v) is 15.6. The third-order valence-corrected chi connectivity index (χ3v) is 10.1. The number of nitrogens with two attached hydrogens (primary N) is 1. The molecule has 40 heavy (non-hydrogen) atoms. The number of rotatable bonds is 6. The fourth-order valence-electron chi connectivity index (χ4n) is 5.60. The summed E-state index contributed by atoms with van der Waals surface area (Å²) in [5.41, 5.74) is 14.4. The van der Waals surface area contributed by atoms with Crippen LogP contribution < -0.4 is 5.73 Å². The van der Waals surface area contributed by atoms with E-state index in [0.717, 1.165) is 49.1 Å². The highest BCUT2D eigenvalue weighted by molar-refractivity contribution is 7.44. The second-order valence-electron chi connectivity index (χ2n) is 10.4. The molecule has 0 radical (unpaired) electrons. The normalized spacial score (nSPS) is 16.2. The van der Waals surface area contributed by atoms with Crippen molar-refractivity contribution in [1.82, 2.24) is 0 Å². The van der Waals surface area contributed by atoms with Gasteiger partial charge >= 0.3 is 0 Å². The van der Waals surface area contributed by atoms with Crippen LogP contribution in [0.4, 0.5) is 0 Å². The molecule has 4 heteroatoms. The Morgan fingerprint density at radius 2 is 1.73 bits per heavy atom. The summed E-state index contributed by atoms with van der Waals surface area (Å²) in [5, 5.41) is 4.10. The summed E-state index contributed by atoms with van der Waals surface area (Å²) in [6.45, 7) is 0. The third-order valence-electron chi connectivity index (χ3n) is 7.70. The van der Waals surface area contributed by atoms with Gasteiger partial charge in [-0.3, -0.25) is 4.99 Å². The van der Waals surface area contributed by atoms with Gasteiger partial charge in [0.15, 0.2) is 0 Å². The molecule has 2 aromatic heterocycles. The van der Waals surface area contributed by atoms with Gasteiger partial charge in [0.05, 0.1) is 9.71 Å². The van der Waals surface area contributed by atoms with Crippen molar-refractivity contribution in [2.24, 2.45) is 10.7 Å². The summed E-state index contributed by atoms with van der Waals surface area (Å²) in [7, 11) is 0. The second kappa shape index (κ2) is 10.9. The topological polar surface area (TPSA) is 38.4 Å². The van der Waals surface area contributed by atoms with Gasteiger partial charge < -0.3 is 5.73 Å². The summed E-state index contributed by atoms with van der Waals surface area (Å²) in [4.78, 5) is 5.11. The first-order chi connectivity index (χ1) is 19.7. The molecule has 1 aliphatic carbocycles. The molecule has 0 unspecified atom stereocenters. The lowest BCUT2D eigenvalue weighted by atomic mass is 9.95. The molecule has 196 valence electrons. The van der Waals surface area contributed by atoms with Crippen LogP contribution in [0.2, 0.25) is 0 Å². The van der Waals surface area contributed by atoms with Crippen LogP contribution in [0, 0.1) is 0 Å². The van der Waals surface area contributed by atoms with Crippen molar-refractivity contribution in [1.29, 1.82) is 0 Å². The highest BCUT2D eigenvalue weighted by Crippen LogP contribution is 2.45. The van der Waals surface area contributed by atoms with Gasteiger partial charge in [-0.15, -0.1) is 22.7 Å². The minimum atomic E-state index is 0.784. The van der Waals surface area contributed by atoms with Crippen LogP contribution in [-0.4, -0.2) is 5.71 Å². The molecule has 0 bridgehead atoms. The minimum absolute atomic E-state index is 0.784. The first kappa shape index (κ1) is 25.0. The predicted octanol–water partition coefficient (Wildman–Crippen LogP) is 10.2. The number of nitrogens with zero attached hydrogens (tertiary/aromatic N) is 1. The molecule has 3 aromatic carbocycles. The molecule has 2 aliphatic rings. The Bertz CT molecular complexity index is 1920. The maximum absolute atomic E-state index is 6.21. The fraction of sp³-hybridized carbons (Fsp3) is 0.139. The van der Waals surface area contributed by atoms with Gasteiger partial charge in [-0.25, -0.2) is 0 Å². The fourth-order valence-corrected chi connectivity index (χ4v) is 8.30. The summed E-state index contributed by atoms with van der Waals surface area (Å²) in [6, 6.07) is 23.9. The Hall–Kier alpha value is -3.99. The van der Waals surface area contributed by atoms with Crippen molar-refractivity contribution in [3.05, 3.63) is 132 Å². The second-order valence-corrected chi connectivity index (χ2v) is 12.7. The van der Waals surface area contributed by atoms with Crippen molar-refractivity contribution < 1.29 is 0 Å². The molecule has 5 aromatic rings. The first-order valence-electron chi connectivity index (χ1n) is 13.9. The van der Waals surface area contributed by atoms with Crippen molar-refractivity contribution >= 4 is 69.4 Å². The molecule has 0 fully saturated rings. The molecular weight excluding hydrogens is 525 g/mol. The predicted molar refractivity (Wildman–Crippen MR) is 177 cm³/mol. The molecule has 2 N–H and O–H groups in total. The maximum atomic E-state index is 6.21. The zero-order valence-corrected chi connectivity index (χ0v) is 23.9. The Balaban J connectivity index is 1.13. The van der Waals surface area contributed by atoms with E-state index in [1.54, 1.807) is 0 Å². The highest BCUT2D eigenvalue weighted by Gasteiger charge is 2.16. The lowest BCUT2D eigenvalue weighted by Gasteiger charge is -2.17. The Kier molecular flexibility index (Phi) is 6.80. The van der Waals surface area contributed by atoms with Crippen LogP contribution in [0.25, 0.3) is 41.0 Å². The van der Waals surface area contributed by atoms with E-state index in [9.17, 15) is 0 Å². The van der Waals surface area contributed by atoms with Crippen LogP contribution in [-0.2, 0) is 6.42 Å². The van der Waals surface area contributed by atoms with E-state index in [0.29, 0.717) is 0 Å². The zero-order valence-electron chi connectivity index (χ0n) is 22.3. The average Bonchev–Trinajstić information content (AvgIpc) is 3.55. The SMILES string of the molecule is N/C(=C\C=C/Cc1ccc2c(c1)sc1sc3cc(C4=CCCC(C5=CC=CCC5)=N4)ccc3c12)c1ccccc1. The summed E-state index contributed by atoms with van der Waals surface area (Å²) < 4.78 is 4.10. The molecule has 0 saturated heterocycles. The van der Waals surface area contributed by atoms with Crippen molar-refractivity contribution in [2.75, 3.05) is 0 Å². The maximum Gasteiger partial charge on any atom is 0.0890 e. The summed E-state index contributed by atoms with van der Waals surface area (Å²) >= 11 is 3.82. The van der Waals surface area contributed by atoms with E-state index in [1.165, 1.54) is 52.0 Å². The third kappa shape index (κ3) is 4.90. The van der Waals surface area contributed by atoms with Gasteiger partial charge in [0, 0.05) is 42.5 Å². The van der Waals surface area contributed by atoms with E-state index in [4.69, 9.17) is 10.7 Å². The Labute approximate surface area is 242 Å². The van der Waals surface area contributed by atoms with Crippen LogP contribution in [0.1, 0.15) is 42.4 Å². The Morgan fingerprint density at radius 3 is 2.55 bits per heavy atom. The van der Waals surface area contributed by atoms with Crippen molar-refractivity contribution in [3.8, 4) is 0 Å². The molecular formula is C36H30N2S2. The number of benzene rings is 3. The van der Waals surface area contributed by atoms with E-state index >= 15 is 0 Å². The van der Waals surface area contributed by atoms with Gasteiger partial charge in [0.2, 0.25) is 0 Å². The molecule has 7 rings (SSSR count). The number of hydrogen-bond acceptors (Lipinski definition) is 4. The standard InChI is InChI=1S/C36H30N2S2/c37-30(25-11-3-1-4-12-25)15-8-7-10-24-18-20-28-33(22-24)39-36-35(28)29-21-19-27(23-34(29)40-36)32-17-9-16-31(38-32)26-13-5-2-6-14-26/h1-5,7-8,11-13,15,17-23H,6,9-10,14,16,37H2/b8-7-,30-15-. The Morgan fingerprint density at radius 1 is 0.900 bits per heavy atom. The van der Waals surface area contributed by atoms with Gasteiger partial charge in [0.25, 0.3) is 0 Å². The molecule has 1 aliphatic heterocycles. The molecule has 0 amide bonds. The van der Waals surface area contributed by atoms with Crippen LogP contribution in [0.15, 0.2) is 120 Å². The van der Waals surface area contributed by atoms with Crippen molar-refractivity contribution in [3.63, 3.8) is 0 Å². The number of thiophene rings is 2. The van der Waals surface area contributed by atoms with Gasteiger partial charge in [-0.1, -0.05) is 91.1 Å². The van der Waals surface area contributed by atoms with E-state index in [-0.39, 0.29) is 0 Å². The van der Waals surface area contributed by atoms with Crippen LogP contribution in [0.3, 0.4) is 0 Å². The van der Waals surface area contributed by atoms with Gasteiger partial charge in [0.1, 0.15) is 0 Å². The molecule has 3 heterocycles. The number of hydrogen-bond donors (Lipinski definition) is 1. The number of aliphatic imine (C=N–C) groups is 1. The number of allylic oxidation sites excluding steroid dienone is 8. The monoisotopic (exact) mass is 554 g/mol.